The highest BCUT2D eigenvalue weighted by atomic mass is 16.5. The molecule has 1 heterocycles. The lowest BCUT2D eigenvalue weighted by Crippen LogP contribution is -2.36. The van der Waals surface area contributed by atoms with E-state index in [4.69, 9.17) is 4.74 Å². The average Bonchev–Trinajstić information content (AvgIpc) is 2.65. The third kappa shape index (κ3) is 6.88. The molecule has 1 aromatic rings. The third-order valence-corrected chi connectivity index (χ3v) is 4.45. The molecule has 5 nitrogen and oxygen atoms in total. The number of aliphatic hydroxyl groups excluding tert-OH is 1. The van der Waals surface area contributed by atoms with Gasteiger partial charge < -0.3 is 20.1 Å². The summed E-state index contributed by atoms with van der Waals surface area (Å²) < 4.78 is 5.37. The molecule has 0 atom stereocenters. The summed E-state index contributed by atoms with van der Waals surface area (Å²) >= 11 is 0. The fourth-order valence-corrected chi connectivity index (χ4v) is 2.71. The molecule has 5 heteroatoms. The van der Waals surface area contributed by atoms with E-state index in [0.29, 0.717) is 6.54 Å². The number of ether oxygens (including phenoxy) is 1. The van der Waals surface area contributed by atoms with Crippen LogP contribution in [0.25, 0.3) is 6.08 Å². The monoisotopic (exact) mass is 346 g/mol. The fourth-order valence-electron chi connectivity index (χ4n) is 2.71. The fraction of sp³-hybridized carbons (Fsp3) is 0.550. The molecule has 1 amide bonds. The molecule has 1 aliphatic rings. The number of morpholine rings is 1. The Morgan fingerprint density at radius 3 is 2.60 bits per heavy atom. The van der Waals surface area contributed by atoms with Gasteiger partial charge in [-0.2, -0.15) is 0 Å². The Labute approximate surface area is 150 Å². The van der Waals surface area contributed by atoms with E-state index in [1.165, 1.54) is 5.69 Å². The van der Waals surface area contributed by atoms with Crippen molar-refractivity contribution in [2.24, 2.45) is 5.41 Å². The van der Waals surface area contributed by atoms with E-state index < -0.39 is 0 Å². The van der Waals surface area contributed by atoms with Gasteiger partial charge in [0.2, 0.25) is 5.91 Å². The first-order valence-corrected chi connectivity index (χ1v) is 9.00. The summed E-state index contributed by atoms with van der Waals surface area (Å²) in [6.07, 6.45) is 5.15. The van der Waals surface area contributed by atoms with E-state index >= 15 is 0 Å². The molecule has 0 radical (unpaired) electrons. The zero-order valence-electron chi connectivity index (χ0n) is 15.3. The van der Waals surface area contributed by atoms with Gasteiger partial charge in [0.25, 0.3) is 0 Å². The first-order chi connectivity index (χ1) is 12.0. The van der Waals surface area contributed by atoms with Crippen molar-refractivity contribution in [1.29, 1.82) is 0 Å². The van der Waals surface area contributed by atoms with Gasteiger partial charge in [0, 0.05) is 38.0 Å². The largest absolute Gasteiger partial charge is 0.396 e. The first kappa shape index (κ1) is 19.5. The smallest absolute Gasteiger partial charge is 0.243 e. The zero-order valence-corrected chi connectivity index (χ0v) is 15.3. The van der Waals surface area contributed by atoms with Crippen LogP contribution in [0.3, 0.4) is 0 Å². The molecule has 0 aliphatic carbocycles. The lowest BCUT2D eigenvalue weighted by molar-refractivity contribution is -0.116. The Balaban J connectivity index is 1.74. The molecular formula is C20H30N2O3. The van der Waals surface area contributed by atoms with Crippen molar-refractivity contribution in [2.45, 2.75) is 26.7 Å². The number of benzene rings is 1. The number of nitrogens with one attached hydrogen (secondary N) is 1. The van der Waals surface area contributed by atoms with Crippen molar-refractivity contribution >= 4 is 17.7 Å². The molecule has 1 aromatic carbocycles. The van der Waals surface area contributed by atoms with Gasteiger partial charge >= 0.3 is 0 Å². The average molecular weight is 346 g/mol. The van der Waals surface area contributed by atoms with Crippen molar-refractivity contribution in [2.75, 3.05) is 44.4 Å². The zero-order chi connectivity index (χ0) is 18.1. The van der Waals surface area contributed by atoms with E-state index in [1.54, 1.807) is 6.08 Å². The molecule has 25 heavy (non-hydrogen) atoms. The maximum absolute atomic E-state index is 11.9. The van der Waals surface area contributed by atoms with E-state index in [2.05, 4.69) is 22.3 Å². The standard InChI is InChI=1S/C20H30N2O3/c1-20(2,16-23)10-3-11-21-19(24)9-6-17-4-7-18(8-5-17)22-12-14-25-15-13-22/h4-9,23H,3,10-16H2,1-2H3,(H,21,24)/b9-6+. The molecule has 0 spiro atoms. The number of carbonyl (C=O) groups is 1. The van der Waals surface area contributed by atoms with Crippen molar-refractivity contribution < 1.29 is 14.6 Å². The highest BCUT2D eigenvalue weighted by Gasteiger charge is 2.15. The van der Waals surface area contributed by atoms with E-state index in [9.17, 15) is 9.90 Å². The van der Waals surface area contributed by atoms with Crippen LogP contribution in [-0.2, 0) is 9.53 Å². The highest BCUT2D eigenvalue weighted by Crippen LogP contribution is 2.20. The van der Waals surface area contributed by atoms with Gasteiger partial charge in [-0.25, -0.2) is 0 Å². The number of nitrogens with zero attached hydrogens (tertiary/aromatic N) is 1. The number of carbonyl (C=O) groups excluding carboxylic acids is 1. The van der Waals surface area contributed by atoms with Gasteiger partial charge in [-0.05, 0) is 42.0 Å². The lowest BCUT2D eigenvalue weighted by atomic mass is 9.89. The second kappa shape index (κ2) is 9.59. The summed E-state index contributed by atoms with van der Waals surface area (Å²) in [6.45, 7) is 8.23. The molecule has 1 saturated heterocycles. The summed E-state index contributed by atoms with van der Waals surface area (Å²) in [7, 11) is 0. The number of rotatable bonds is 8. The Morgan fingerprint density at radius 2 is 1.96 bits per heavy atom. The van der Waals surface area contributed by atoms with Gasteiger partial charge in [-0.3, -0.25) is 4.79 Å². The van der Waals surface area contributed by atoms with Crippen molar-refractivity contribution in [1.82, 2.24) is 5.32 Å². The third-order valence-electron chi connectivity index (χ3n) is 4.45. The Kier molecular flexibility index (Phi) is 7.47. The van der Waals surface area contributed by atoms with Gasteiger partial charge in [-0.15, -0.1) is 0 Å². The molecule has 0 aromatic heterocycles. The SMILES string of the molecule is CC(C)(CO)CCCNC(=O)/C=C/c1ccc(N2CCOCC2)cc1. The van der Waals surface area contributed by atoms with Crippen molar-refractivity contribution in [3.8, 4) is 0 Å². The molecule has 2 rings (SSSR count). The van der Waals surface area contributed by atoms with Gasteiger partial charge in [-0.1, -0.05) is 26.0 Å². The molecule has 1 fully saturated rings. The van der Waals surface area contributed by atoms with Crippen molar-refractivity contribution in [3.05, 3.63) is 35.9 Å². The molecule has 1 aliphatic heterocycles. The summed E-state index contributed by atoms with van der Waals surface area (Å²) in [4.78, 5) is 14.2. The van der Waals surface area contributed by atoms with Crippen LogP contribution >= 0.6 is 0 Å². The number of hydrogen-bond acceptors (Lipinski definition) is 4. The first-order valence-electron chi connectivity index (χ1n) is 9.00. The van der Waals surface area contributed by atoms with Crippen LogP contribution in [0, 0.1) is 5.41 Å². The minimum absolute atomic E-state index is 0.0806. The Hall–Kier alpha value is -1.85. The van der Waals surface area contributed by atoms with Crippen LogP contribution in [0.15, 0.2) is 30.3 Å². The van der Waals surface area contributed by atoms with Crippen LogP contribution in [0.2, 0.25) is 0 Å². The topological polar surface area (TPSA) is 61.8 Å². The molecule has 138 valence electrons. The summed E-state index contributed by atoms with van der Waals surface area (Å²) in [5.41, 5.74) is 2.12. The van der Waals surface area contributed by atoms with E-state index in [-0.39, 0.29) is 17.9 Å². The summed E-state index contributed by atoms with van der Waals surface area (Å²) in [5.74, 6) is -0.0842. The molecular weight excluding hydrogens is 316 g/mol. The van der Waals surface area contributed by atoms with Gasteiger partial charge in [0.1, 0.15) is 0 Å². The van der Waals surface area contributed by atoms with Crippen molar-refractivity contribution in [3.63, 3.8) is 0 Å². The predicted octanol–water partition coefficient (Wildman–Crippen LogP) is 2.45. The van der Waals surface area contributed by atoms with Crippen LogP contribution in [-0.4, -0.2) is 50.5 Å². The second-order valence-corrected chi connectivity index (χ2v) is 7.24. The number of anilines is 1. The summed E-state index contributed by atoms with van der Waals surface area (Å²) in [6, 6.07) is 8.22. The summed E-state index contributed by atoms with van der Waals surface area (Å²) in [5, 5.41) is 12.1. The molecule has 2 N–H and O–H groups in total. The highest BCUT2D eigenvalue weighted by molar-refractivity contribution is 5.91. The second-order valence-electron chi connectivity index (χ2n) is 7.24. The van der Waals surface area contributed by atoms with Crippen LogP contribution < -0.4 is 10.2 Å². The van der Waals surface area contributed by atoms with Crippen LogP contribution in [0.5, 0.6) is 0 Å². The van der Waals surface area contributed by atoms with E-state index in [1.807, 2.05) is 32.1 Å². The predicted molar refractivity (Wildman–Crippen MR) is 102 cm³/mol. The molecule has 0 bridgehead atoms. The maximum atomic E-state index is 11.9. The van der Waals surface area contributed by atoms with Gasteiger partial charge in [0.05, 0.1) is 13.2 Å². The maximum Gasteiger partial charge on any atom is 0.243 e. The number of aliphatic hydroxyl groups is 1. The lowest BCUT2D eigenvalue weighted by Gasteiger charge is -2.28. The Bertz CT molecular complexity index is 561. The number of amides is 1. The normalized spacial score (nSPS) is 15.6. The number of hydrogen-bond donors (Lipinski definition) is 2. The minimum atomic E-state index is -0.0842. The Morgan fingerprint density at radius 1 is 1.28 bits per heavy atom. The van der Waals surface area contributed by atoms with E-state index in [0.717, 1.165) is 44.7 Å². The van der Waals surface area contributed by atoms with Crippen LogP contribution in [0.1, 0.15) is 32.3 Å². The molecule has 0 unspecified atom stereocenters. The minimum Gasteiger partial charge on any atom is -0.396 e. The molecule has 0 saturated carbocycles. The quantitative estimate of drug-likeness (QED) is 0.561. The van der Waals surface area contributed by atoms with Gasteiger partial charge in [0.15, 0.2) is 0 Å². The van der Waals surface area contributed by atoms with Crippen LogP contribution in [0.4, 0.5) is 5.69 Å².